The van der Waals surface area contributed by atoms with Crippen LogP contribution in [0.4, 0.5) is 0 Å². The first-order chi connectivity index (χ1) is 9.33. The van der Waals surface area contributed by atoms with E-state index in [1.807, 2.05) is 12.1 Å². The molecule has 0 radical (unpaired) electrons. The fraction of sp³-hybridized carbons (Fsp3) is 0.429. The second-order valence-electron chi connectivity index (χ2n) is 4.73. The van der Waals surface area contributed by atoms with Crippen LogP contribution < -0.4 is 0 Å². The van der Waals surface area contributed by atoms with Crippen LogP contribution in [-0.4, -0.2) is 29.1 Å². The van der Waals surface area contributed by atoms with E-state index < -0.39 is 0 Å². The van der Waals surface area contributed by atoms with Gasteiger partial charge in [0.25, 0.3) is 5.91 Å². The number of amides is 1. The third-order valence-corrected chi connectivity index (χ3v) is 4.35. The quantitative estimate of drug-likeness (QED) is 0.739. The minimum Gasteiger partial charge on any atom is -0.465 e. The Morgan fingerprint density at radius 1 is 1.26 bits per heavy atom. The zero-order valence-electron chi connectivity index (χ0n) is 10.7. The summed E-state index contributed by atoms with van der Waals surface area (Å²) in [7, 11) is 0. The molecule has 2 aliphatic heterocycles. The number of carbonyl (C=O) groups is 1. The number of aliphatic imine (C=N–C) groups is 1. The molecule has 0 bridgehead atoms. The Hall–Kier alpha value is -1.49. The molecular formula is C14H16N2O2S. The zero-order chi connectivity index (χ0) is 13.1. The Kier molecular flexibility index (Phi) is 3.73. The lowest BCUT2D eigenvalue weighted by atomic mass is 10.2. The van der Waals surface area contributed by atoms with E-state index >= 15 is 0 Å². The van der Waals surface area contributed by atoms with E-state index in [4.69, 9.17) is 4.42 Å². The largest absolute Gasteiger partial charge is 0.465 e. The highest BCUT2D eigenvalue weighted by molar-refractivity contribution is 8.18. The van der Waals surface area contributed by atoms with E-state index in [1.165, 1.54) is 37.4 Å². The second kappa shape index (κ2) is 5.65. The summed E-state index contributed by atoms with van der Waals surface area (Å²) in [6, 6.07) is 3.65. The first-order valence-electron chi connectivity index (χ1n) is 6.64. The molecule has 1 saturated heterocycles. The molecule has 0 unspecified atom stereocenters. The maximum absolute atomic E-state index is 11.9. The number of furan rings is 1. The van der Waals surface area contributed by atoms with Gasteiger partial charge < -0.3 is 9.32 Å². The topological polar surface area (TPSA) is 45.8 Å². The maximum atomic E-state index is 11.9. The molecule has 3 rings (SSSR count). The lowest BCUT2D eigenvalue weighted by Gasteiger charge is -2.20. The van der Waals surface area contributed by atoms with Gasteiger partial charge in [0.1, 0.15) is 5.76 Å². The van der Waals surface area contributed by atoms with E-state index in [0.29, 0.717) is 10.7 Å². The summed E-state index contributed by atoms with van der Waals surface area (Å²) in [5, 5.41) is 0.852. The predicted octanol–water partition coefficient (Wildman–Crippen LogP) is 3.13. The van der Waals surface area contributed by atoms with Gasteiger partial charge in [0.15, 0.2) is 5.17 Å². The Balaban J connectivity index is 1.72. The van der Waals surface area contributed by atoms with Crippen LogP contribution in [0.15, 0.2) is 32.7 Å². The third-order valence-electron chi connectivity index (χ3n) is 3.30. The molecule has 4 nitrogen and oxygen atoms in total. The summed E-state index contributed by atoms with van der Waals surface area (Å²) in [6.45, 7) is 2.01. The molecule has 0 spiro atoms. The van der Waals surface area contributed by atoms with Crippen molar-refractivity contribution in [2.75, 3.05) is 13.1 Å². The van der Waals surface area contributed by atoms with Crippen LogP contribution in [0.3, 0.4) is 0 Å². The molecule has 0 saturated carbocycles. The lowest BCUT2D eigenvalue weighted by Crippen LogP contribution is -2.28. The van der Waals surface area contributed by atoms with Crippen molar-refractivity contribution in [2.24, 2.45) is 4.99 Å². The Morgan fingerprint density at radius 3 is 2.74 bits per heavy atom. The number of likely N-dealkylation sites (tertiary alicyclic amines) is 1. The normalized spacial score (nSPS) is 22.7. The summed E-state index contributed by atoms with van der Waals surface area (Å²) in [5.41, 5.74) is 0. The minimum absolute atomic E-state index is 0.152. The number of amidine groups is 1. The van der Waals surface area contributed by atoms with Gasteiger partial charge in [0.2, 0.25) is 0 Å². The summed E-state index contributed by atoms with van der Waals surface area (Å²) in [4.78, 5) is 18.9. The number of rotatable bonds is 1. The average Bonchev–Trinajstić information content (AvgIpc) is 2.94. The summed E-state index contributed by atoms with van der Waals surface area (Å²) < 4.78 is 5.24. The van der Waals surface area contributed by atoms with Crippen molar-refractivity contribution in [3.63, 3.8) is 0 Å². The molecule has 0 atom stereocenters. The van der Waals surface area contributed by atoms with Crippen molar-refractivity contribution in [2.45, 2.75) is 25.7 Å². The van der Waals surface area contributed by atoms with E-state index in [1.54, 1.807) is 12.3 Å². The Labute approximate surface area is 116 Å². The van der Waals surface area contributed by atoms with Crippen molar-refractivity contribution in [3.05, 3.63) is 29.1 Å². The van der Waals surface area contributed by atoms with E-state index in [9.17, 15) is 4.79 Å². The van der Waals surface area contributed by atoms with Gasteiger partial charge >= 0.3 is 0 Å². The Bertz CT molecular complexity index is 512. The molecule has 1 aromatic heterocycles. The molecule has 19 heavy (non-hydrogen) atoms. The summed E-state index contributed by atoms with van der Waals surface area (Å²) in [5.74, 6) is 0.545. The lowest BCUT2D eigenvalue weighted by molar-refractivity contribution is -0.113. The molecule has 0 aromatic carbocycles. The van der Waals surface area contributed by atoms with Crippen LogP contribution in [0.2, 0.25) is 0 Å². The molecule has 1 aromatic rings. The maximum Gasteiger partial charge on any atom is 0.286 e. The Morgan fingerprint density at radius 2 is 2.05 bits per heavy atom. The number of hydrogen-bond acceptors (Lipinski definition) is 4. The van der Waals surface area contributed by atoms with Gasteiger partial charge in [-0.15, -0.1) is 0 Å². The highest BCUT2D eigenvalue weighted by Gasteiger charge is 2.26. The number of hydrogen-bond donors (Lipinski definition) is 0. The molecule has 0 aliphatic carbocycles. The van der Waals surface area contributed by atoms with Crippen molar-refractivity contribution in [1.29, 1.82) is 0 Å². The molecule has 100 valence electrons. The van der Waals surface area contributed by atoms with Gasteiger partial charge in [0, 0.05) is 19.2 Å². The fourth-order valence-electron chi connectivity index (χ4n) is 2.30. The van der Waals surface area contributed by atoms with Gasteiger partial charge in [-0.3, -0.25) is 4.79 Å². The molecule has 1 fully saturated rings. The average molecular weight is 276 g/mol. The van der Waals surface area contributed by atoms with Crippen molar-refractivity contribution in [3.8, 4) is 0 Å². The van der Waals surface area contributed by atoms with Gasteiger partial charge in [0.05, 0.1) is 11.2 Å². The molecule has 5 heteroatoms. The molecule has 3 heterocycles. The fourth-order valence-corrected chi connectivity index (χ4v) is 3.24. The van der Waals surface area contributed by atoms with E-state index in [0.717, 1.165) is 18.3 Å². The first-order valence-corrected chi connectivity index (χ1v) is 7.45. The SMILES string of the molecule is O=C1N=C(N2CCCCCC2)S/C1=C\c1ccco1. The second-order valence-corrected chi connectivity index (χ2v) is 5.74. The smallest absolute Gasteiger partial charge is 0.286 e. The number of carbonyl (C=O) groups excluding carboxylic acids is 1. The van der Waals surface area contributed by atoms with Crippen LogP contribution in [-0.2, 0) is 4.79 Å². The summed E-state index contributed by atoms with van der Waals surface area (Å²) in [6.07, 6.45) is 8.29. The van der Waals surface area contributed by atoms with Gasteiger partial charge in [-0.1, -0.05) is 12.8 Å². The van der Waals surface area contributed by atoms with Crippen LogP contribution in [0, 0.1) is 0 Å². The van der Waals surface area contributed by atoms with Gasteiger partial charge in [-0.2, -0.15) is 4.99 Å². The highest BCUT2D eigenvalue weighted by atomic mass is 32.2. The first kappa shape index (κ1) is 12.5. The zero-order valence-corrected chi connectivity index (χ0v) is 11.5. The molecule has 1 amide bonds. The van der Waals surface area contributed by atoms with Crippen molar-refractivity contribution in [1.82, 2.24) is 4.90 Å². The standard InChI is InChI=1S/C14H16N2O2S/c17-13-12(10-11-6-5-9-18-11)19-14(15-13)16-7-3-1-2-4-8-16/h5-6,9-10H,1-4,7-8H2/b12-10-. The van der Waals surface area contributed by atoms with Crippen LogP contribution in [0.5, 0.6) is 0 Å². The molecule has 2 aliphatic rings. The van der Waals surface area contributed by atoms with Crippen LogP contribution in [0.25, 0.3) is 6.08 Å². The predicted molar refractivity (Wildman–Crippen MR) is 76.8 cm³/mol. The number of thioether (sulfide) groups is 1. The van der Waals surface area contributed by atoms with Crippen LogP contribution in [0.1, 0.15) is 31.4 Å². The highest BCUT2D eigenvalue weighted by Crippen LogP contribution is 2.31. The van der Waals surface area contributed by atoms with Crippen LogP contribution >= 0.6 is 11.8 Å². The minimum atomic E-state index is -0.152. The number of nitrogens with zero attached hydrogens (tertiary/aromatic N) is 2. The van der Waals surface area contributed by atoms with E-state index in [2.05, 4.69) is 9.89 Å². The molecule has 0 N–H and O–H groups in total. The van der Waals surface area contributed by atoms with E-state index in [-0.39, 0.29) is 5.91 Å². The van der Waals surface area contributed by atoms with Crippen molar-refractivity contribution >= 4 is 28.9 Å². The van der Waals surface area contributed by atoms with Gasteiger partial charge in [-0.25, -0.2) is 0 Å². The monoisotopic (exact) mass is 276 g/mol. The third kappa shape index (κ3) is 2.92. The van der Waals surface area contributed by atoms with Crippen molar-refractivity contribution < 1.29 is 9.21 Å². The van der Waals surface area contributed by atoms with Gasteiger partial charge in [-0.05, 0) is 36.7 Å². The molecular weight excluding hydrogens is 260 g/mol. The summed E-state index contributed by atoms with van der Waals surface area (Å²) >= 11 is 1.46.